The second-order valence-corrected chi connectivity index (χ2v) is 9.41. The summed E-state index contributed by atoms with van der Waals surface area (Å²) in [5.74, 6) is 2.21. The van der Waals surface area contributed by atoms with Gasteiger partial charge in [0, 0.05) is 30.2 Å². The second-order valence-electron chi connectivity index (χ2n) is 9.41. The number of imidazole rings is 1. The van der Waals surface area contributed by atoms with Crippen LogP contribution in [-0.2, 0) is 19.6 Å². The maximum absolute atomic E-state index is 12.7. The first kappa shape index (κ1) is 23.4. The van der Waals surface area contributed by atoms with Gasteiger partial charge in [0.1, 0.15) is 11.6 Å². The molecule has 9 nitrogen and oxygen atoms in total. The minimum Gasteiger partial charge on any atom is -0.497 e. The fourth-order valence-corrected chi connectivity index (χ4v) is 5.39. The minimum atomic E-state index is -0.376. The number of aromatic nitrogens is 5. The summed E-state index contributed by atoms with van der Waals surface area (Å²) in [4.78, 5) is 38.3. The highest BCUT2D eigenvalue weighted by molar-refractivity contribution is 5.85. The van der Waals surface area contributed by atoms with E-state index >= 15 is 0 Å². The Morgan fingerprint density at radius 3 is 2.66 bits per heavy atom. The third-order valence-electron chi connectivity index (χ3n) is 7.33. The zero-order valence-electron chi connectivity index (χ0n) is 20.8. The first-order valence-corrected chi connectivity index (χ1v) is 12.6. The maximum Gasteiger partial charge on any atom is 0.330 e. The molecule has 0 unspecified atom stereocenters. The van der Waals surface area contributed by atoms with Crippen LogP contribution in [0.5, 0.6) is 5.75 Å². The zero-order chi connectivity index (χ0) is 24.5. The Hall–Kier alpha value is -3.33. The van der Waals surface area contributed by atoms with E-state index in [1.807, 2.05) is 17.6 Å². The molecule has 1 aliphatic rings. The molecule has 2 N–H and O–H groups in total. The van der Waals surface area contributed by atoms with E-state index in [-0.39, 0.29) is 11.2 Å². The van der Waals surface area contributed by atoms with Crippen molar-refractivity contribution in [1.29, 1.82) is 0 Å². The van der Waals surface area contributed by atoms with E-state index in [0.29, 0.717) is 36.7 Å². The topological polar surface area (TPSA) is 101 Å². The molecule has 4 heterocycles. The molecule has 4 aromatic rings. The number of nitrogens with one attached hydrogen (secondary N) is 2. The number of benzene rings is 1. The average molecular weight is 479 g/mol. The van der Waals surface area contributed by atoms with Crippen molar-refractivity contribution < 1.29 is 4.74 Å². The Balaban J connectivity index is 1.37. The van der Waals surface area contributed by atoms with Gasteiger partial charge in [-0.05, 0) is 69.0 Å². The zero-order valence-corrected chi connectivity index (χ0v) is 20.8. The fourth-order valence-electron chi connectivity index (χ4n) is 5.39. The van der Waals surface area contributed by atoms with E-state index in [2.05, 4.69) is 40.1 Å². The van der Waals surface area contributed by atoms with E-state index < -0.39 is 0 Å². The number of rotatable bonds is 8. The Bertz CT molecular complexity index is 1450. The van der Waals surface area contributed by atoms with E-state index in [0.717, 1.165) is 55.9 Å². The van der Waals surface area contributed by atoms with Crippen LogP contribution in [0.25, 0.3) is 22.1 Å². The summed E-state index contributed by atoms with van der Waals surface area (Å²) >= 11 is 0. The number of methoxy groups -OCH3 is 1. The lowest BCUT2D eigenvalue weighted by Crippen LogP contribution is -2.33. The van der Waals surface area contributed by atoms with Crippen molar-refractivity contribution in [2.45, 2.75) is 65.1 Å². The predicted molar refractivity (Wildman–Crippen MR) is 137 cm³/mol. The van der Waals surface area contributed by atoms with Gasteiger partial charge in [-0.25, -0.2) is 9.78 Å². The summed E-state index contributed by atoms with van der Waals surface area (Å²) in [6, 6.07) is 6.18. The van der Waals surface area contributed by atoms with Gasteiger partial charge >= 0.3 is 5.69 Å². The summed E-state index contributed by atoms with van der Waals surface area (Å²) in [6.45, 7) is 7.86. The monoisotopic (exact) mass is 478 g/mol. The number of likely N-dealkylation sites (tertiary alicyclic amines) is 1. The molecular formula is C26H34N6O3. The van der Waals surface area contributed by atoms with Crippen molar-refractivity contribution in [3.05, 3.63) is 56.6 Å². The highest BCUT2D eigenvalue weighted by atomic mass is 16.5. The summed E-state index contributed by atoms with van der Waals surface area (Å²) in [5.41, 5.74) is 2.77. The molecule has 9 heteroatoms. The van der Waals surface area contributed by atoms with Gasteiger partial charge in [0.2, 0.25) is 0 Å². The van der Waals surface area contributed by atoms with Gasteiger partial charge in [-0.15, -0.1) is 0 Å². The van der Waals surface area contributed by atoms with Crippen LogP contribution in [0.3, 0.4) is 0 Å². The van der Waals surface area contributed by atoms with E-state index in [4.69, 9.17) is 9.72 Å². The molecule has 0 spiro atoms. The van der Waals surface area contributed by atoms with Gasteiger partial charge < -0.3 is 14.3 Å². The summed E-state index contributed by atoms with van der Waals surface area (Å²) in [6.07, 6.45) is 6.08. The number of piperidine rings is 1. The molecule has 0 amide bonds. The van der Waals surface area contributed by atoms with Crippen molar-refractivity contribution in [3.63, 3.8) is 0 Å². The molecule has 0 saturated carbocycles. The molecular weight excluding hydrogens is 444 g/mol. The molecule has 3 aromatic heterocycles. The number of unbranched alkanes of at least 4 members (excludes halogenated alkanes) is 1. The minimum absolute atomic E-state index is 0.355. The number of fused-ring (bicyclic) bond motifs is 2. The fraction of sp³-hybridized carbons (Fsp3) is 0.500. The van der Waals surface area contributed by atoms with Crippen LogP contribution in [-0.4, -0.2) is 49.2 Å². The highest BCUT2D eigenvalue weighted by Crippen LogP contribution is 2.35. The molecule has 5 rings (SSSR count). The molecule has 1 saturated heterocycles. The number of hydrogen-bond acceptors (Lipinski definition) is 5. The number of hydrogen-bond donors (Lipinski definition) is 2. The van der Waals surface area contributed by atoms with Crippen LogP contribution >= 0.6 is 0 Å². The third-order valence-corrected chi connectivity index (χ3v) is 7.33. The lowest BCUT2D eigenvalue weighted by molar-refractivity contribution is 0.198. The van der Waals surface area contributed by atoms with Crippen LogP contribution in [0, 0.1) is 0 Å². The summed E-state index contributed by atoms with van der Waals surface area (Å²) < 4.78 is 9.02. The summed E-state index contributed by atoms with van der Waals surface area (Å²) in [5, 5.41) is 1.24. The summed E-state index contributed by atoms with van der Waals surface area (Å²) in [7, 11) is 1.70. The largest absolute Gasteiger partial charge is 0.497 e. The highest BCUT2D eigenvalue weighted by Gasteiger charge is 2.25. The lowest BCUT2D eigenvalue weighted by Gasteiger charge is -2.31. The molecule has 1 fully saturated rings. The Kier molecular flexibility index (Phi) is 6.51. The maximum atomic E-state index is 12.7. The van der Waals surface area contributed by atoms with Crippen LogP contribution < -0.4 is 16.0 Å². The molecule has 0 radical (unpaired) electrons. The van der Waals surface area contributed by atoms with E-state index in [9.17, 15) is 9.59 Å². The molecule has 0 bridgehead atoms. The van der Waals surface area contributed by atoms with Gasteiger partial charge in [-0.3, -0.25) is 19.2 Å². The Labute approximate surface area is 203 Å². The lowest BCUT2D eigenvalue weighted by atomic mass is 9.89. The molecule has 0 aliphatic carbocycles. The normalized spacial score (nSPS) is 15.4. The molecule has 0 atom stereocenters. The van der Waals surface area contributed by atoms with Gasteiger partial charge in [-0.1, -0.05) is 13.3 Å². The number of H-pyrrole nitrogens is 2. The number of nitrogens with zero attached hydrogens (tertiary/aromatic N) is 4. The molecule has 35 heavy (non-hydrogen) atoms. The first-order valence-electron chi connectivity index (χ1n) is 12.6. The Morgan fingerprint density at radius 1 is 1.14 bits per heavy atom. The van der Waals surface area contributed by atoms with Crippen LogP contribution in [0.2, 0.25) is 0 Å². The first-order chi connectivity index (χ1) is 17.0. The van der Waals surface area contributed by atoms with Gasteiger partial charge in [0.15, 0.2) is 11.2 Å². The number of ether oxygens (including phenoxy) is 1. The predicted octanol–water partition coefficient (Wildman–Crippen LogP) is 3.58. The third kappa shape index (κ3) is 4.29. The quantitative estimate of drug-likeness (QED) is 0.403. The van der Waals surface area contributed by atoms with Gasteiger partial charge in [0.05, 0.1) is 13.7 Å². The van der Waals surface area contributed by atoms with Crippen molar-refractivity contribution >= 4 is 22.1 Å². The average Bonchev–Trinajstić information content (AvgIpc) is 3.45. The van der Waals surface area contributed by atoms with Crippen molar-refractivity contribution in [3.8, 4) is 5.75 Å². The molecule has 186 valence electrons. The smallest absolute Gasteiger partial charge is 0.330 e. The standard InChI is InChI=1S/C26H34N6O3/c1-4-6-11-32-24-23(25(33)29-26(32)34)31(5-2)22(28-24)16-30-12-9-17(10-13-30)20-15-27-21-8-7-18(35-3)14-19(20)21/h7-8,14-15,17,27H,4-6,9-13,16H2,1-3H3,(H,29,33,34). The van der Waals surface area contributed by atoms with Crippen molar-refractivity contribution in [2.24, 2.45) is 0 Å². The molecule has 1 aromatic carbocycles. The number of aryl methyl sites for hydroxylation is 2. The molecule has 1 aliphatic heterocycles. The van der Waals surface area contributed by atoms with Crippen molar-refractivity contribution in [1.82, 2.24) is 29.0 Å². The SMILES string of the molecule is CCCCn1c(=O)[nH]c(=O)c2c1nc(CN1CCC(c3c[nH]c4ccc(OC)cc34)CC1)n2CC. The van der Waals surface area contributed by atoms with Crippen LogP contribution in [0.1, 0.15) is 56.8 Å². The van der Waals surface area contributed by atoms with Gasteiger partial charge in [0.25, 0.3) is 5.56 Å². The van der Waals surface area contributed by atoms with E-state index in [1.165, 1.54) is 10.9 Å². The van der Waals surface area contributed by atoms with Crippen LogP contribution in [0.4, 0.5) is 0 Å². The number of aromatic amines is 2. The van der Waals surface area contributed by atoms with E-state index in [1.54, 1.807) is 11.7 Å². The van der Waals surface area contributed by atoms with Crippen LogP contribution in [0.15, 0.2) is 34.0 Å². The van der Waals surface area contributed by atoms with Gasteiger partial charge in [-0.2, -0.15) is 0 Å². The van der Waals surface area contributed by atoms with Crippen molar-refractivity contribution in [2.75, 3.05) is 20.2 Å². The second kappa shape index (κ2) is 9.73. The Morgan fingerprint density at radius 2 is 1.94 bits per heavy atom.